The number of rotatable bonds is 6. The van der Waals surface area contributed by atoms with Crippen LogP contribution < -0.4 is 14.8 Å². The molecule has 0 aliphatic carbocycles. The third-order valence-electron chi connectivity index (χ3n) is 4.23. The van der Waals surface area contributed by atoms with E-state index in [1.165, 1.54) is 0 Å². The maximum Gasteiger partial charge on any atom is 0.344 e. The van der Waals surface area contributed by atoms with Crippen molar-refractivity contribution in [2.45, 2.75) is 6.92 Å². The van der Waals surface area contributed by atoms with Crippen LogP contribution in [0.25, 0.3) is 10.8 Å². The minimum Gasteiger partial charge on any atom is -0.494 e. The number of fused-ring (bicyclic) bond motifs is 1. The third-order valence-corrected chi connectivity index (χ3v) is 4.23. The van der Waals surface area contributed by atoms with Crippen molar-refractivity contribution in [1.29, 1.82) is 0 Å². The molecule has 0 unspecified atom stereocenters. The van der Waals surface area contributed by atoms with Gasteiger partial charge in [0.05, 0.1) is 24.1 Å². The molecule has 1 N–H and O–H groups in total. The van der Waals surface area contributed by atoms with Crippen LogP contribution in [0.3, 0.4) is 0 Å². The molecule has 0 amide bonds. The highest BCUT2D eigenvalue weighted by Gasteiger charge is 2.14. The molecule has 4 aromatic rings. The van der Waals surface area contributed by atoms with Crippen molar-refractivity contribution in [3.8, 4) is 11.6 Å². The third kappa shape index (κ3) is 4.32. The quantitative estimate of drug-likeness (QED) is 0.471. The molecular weight excluding hydrogens is 366 g/mol. The largest absolute Gasteiger partial charge is 0.494 e. The molecule has 4 rings (SSSR count). The summed E-state index contributed by atoms with van der Waals surface area (Å²) in [6.45, 7) is 2.47. The zero-order chi connectivity index (χ0) is 20.1. The van der Waals surface area contributed by atoms with Crippen molar-refractivity contribution in [3.63, 3.8) is 0 Å². The van der Waals surface area contributed by atoms with Crippen LogP contribution in [0.15, 0.2) is 79.1 Å². The average molecular weight is 385 g/mol. The number of anilines is 2. The molecule has 0 aliphatic rings. The van der Waals surface area contributed by atoms with Crippen LogP contribution in [-0.2, 0) is 0 Å². The molecule has 0 bridgehead atoms. The maximum absolute atomic E-state index is 12.7. The van der Waals surface area contributed by atoms with Crippen LogP contribution in [-0.4, -0.2) is 22.5 Å². The van der Waals surface area contributed by atoms with Gasteiger partial charge in [-0.15, -0.1) is 0 Å². The highest BCUT2D eigenvalue weighted by Crippen LogP contribution is 2.28. The predicted molar refractivity (Wildman–Crippen MR) is 112 cm³/mol. The summed E-state index contributed by atoms with van der Waals surface area (Å²) in [6.07, 6.45) is 3.39. The molecule has 0 aliphatic heterocycles. The molecule has 0 atom stereocenters. The molecule has 6 nitrogen and oxygen atoms in total. The summed E-state index contributed by atoms with van der Waals surface area (Å²) in [5, 5.41) is 4.85. The Morgan fingerprint density at radius 2 is 1.86 bits per heavy atom. The Balaban J connectivity index is 1.64. The van der Waals surface area contributed by atoms with E-state index < -0.39 is 5.97 Å². The number of pyridine rings is 2. The average Bonchev–Trinajstić information content (AvgIpc) is 2.75. The topological polar surface area (TPSA) is 73.3 Å². The lowest BCUT2D eigenvalue weighted by molar-refractivity contribution is 0.0730. The maximum atomic E-state index is 12.7. The van der Waals surface area contributed by atoms with Gasteiger partial charge in [0.2, 0.25) is 5.88 Å². The molecule has 0 fully saturated rings. The zero-order valence-corrected chi connectivity index (χ0v) is 15.8. The number of benzene rings is 2. The minimum atomic E-state index is -0.482. The van der Waals surface area contributed by atoms with Crippen LogP contribution in [0.1, 0.15) is 17.3 Å². The summed E-state index contributed by atoms with van der Waals surface area (Å²) in [5.74, 6) is 1.03. The molecule has 0 saturated heterocycles. The van der Waals surface area contributed by atoms with Gasteiger partial charge in [-0.25, -0.2) is 4.79 Å². The number of nitrogens with one attached hydrogen (secondary N) is 1. The first-order chi connectivity index (χ1) is 14.2. The number of aromatic nitrogens is 2. The molecule has 6 heteroatoms. The predicted octanol–water partition coefficient (Wildman–Crippen LogP) is 4.99. The first-order valence-corrected chi connectivity index (χ1v) is 9.25. The Kier molecular flexibility index (Phi) is 5.33. The molecule has 29 heavy (non-hydrogen) atoms. The second kappa shape index (κ2) is 8.39. The lowest BCUT2D eigenvalue weighted by atomic mass is 10.1. The van der Waals surface area contributed by atoms with Crippen LogP contribution >= 0.6 is 0 Å². The van der Waals surface area contributed by atoms with E-state index in [2.05, 4.69) is 15.3 Å². The van der Waals surface area contributed by atoms with Crippen LogP contribution in [0, 0.1) is 0 Å². The fraction of sp³-hybridized carbons (Fsp3) is 0.0870. The molecule has 144 valence electrons. The van der Waals surface area contributed by atoms with Crippen LogP contribution in [0.5, 0.6) is 11.6 Å². The van der Waals surface area contributed by atoms with Gasteiger partial charge in [0, 0.05) is 11.6 Å². The van der Waals surface area contributed by atoms with E-state index >= 15 is 0 Å². The van der Waals surface area contributed by atoms with E-state index in [0.29, 0.717) is 23.7 Å². The van der Waals surface area contributed by atoms with E-state index in [4.69, 9.17) is 9.47 Å². The van der Waals surface area contributed by atoms with Gasteiger partial charge in [-0.05, 0) is 60.8 Å². The van der Waals surface area contributed by atoms with E-state index in [0.717, 1.165) is 16.5 Å². The summed E-state index contributed by atoms with van der Waals surface area (Å²) < 4.78 is 11.1. The molecule has 2 heterocycles. The normalized spacial score (nSPS) is 10.5. The fourth-order valence-corrected chi connectivity index (χ4v) is 2.89. The van der Waals surface area contributed by atoms with Gasteiger partial charge in [-0.1, -0.05) is 18.2 Å². The minimum absolute atomic E-state index is 0.244. The number of nitrogens with zero attached hydrogens (tertiary/aromatic N) is 2. The zero-order valence-electron chi connectivity index (χ0n) is 15.8. The fourth-order valence-electron chi connectivity index (χ4n) is 2.89. The lowest BCUT2D eigenvalue weighted by Crippen LogP contribution is -2.10. The van der Waals surface area contributed by atoms with E-state index in [-0.39, 0.29) is 5.88 Å². The number of carbonyl (C=O) groups is 1. The van der Waals surface area contributed by atoms with Crippen molar-refractivity contribution in [2.24, 2.45) is 0 Å². The van der Waals surface area contributed by atoms with Gasteiger partial charge >= 0.3 is 5.97 Å². The van der Waals surface area contributed by atoms with Crippen molar-refractivity contribution >= 4 is 28.2 Å². The molecule has 0 radical (unpaired) electrons. The van der Waals surface area contributed by atoms with Gasteiger partial charge in [-0.3, -0.25) is 4.98 Å². The van der Waals surface area contributed by atoms with Crippen molar-refractivity contribution < 1.29 is 14.3 Å². The number of hydrogen-bond donors (Lipinski definition) is 1. The second-order valence-electron chi connectivity index (χ2n) is 6.25. The van der Waals surface area contributed by atoms with Gasteiger partial charge in [0.1, 0.15) is 11.6 Å². The number of carbonyl (C=O) groups excluding carboxylic acids is 1. The van der Waals surface area contributed by atoms with Gasteiger partial charge < -0.3 is 14.8 Å². The number of ether oxygens (including phenoxy) is 2. The first kappa shape index (κ1) is 18.4. The Labute approximate surface area is 168 Å². The SMILES string of the molecule is CCOc1ccc(C(=O)Oc2nc(Nc3cccnc3)cc3ccccc23)cc1. The Morgan fingerprint density at radius 3 is 2.62 bits per heavy atom. The number of hydrogen-bond acceptors (Lipinski definition) is 6. The van der Waals surface area contributed by atoms with Gasteiger partial charge in [0.15, 0.2) is 0 Å². The highest BCUT2D eigenvalue weighted by molar-refractivity contribution is 5.95. The molecule has 0 spiro atoms. The highest BCUT2D eigenvalue weighted by atomic mass is 16.5. The van der Waals surface area contributed by atoms with Crippen LogP contribution in [0.2, 0.25) is 0 Å². The standard InChI is InChI=1S/C23H19N3O3/c1-2-28-19-11-9-16(10-12-19)23(27)29-22-20-8-4-3-6-17(20)14-21(26-22)25-18-7-5-13-24-15-18/h3-15H,2H2,1H3,(H,25,26). The summed E-state index contributed by atoms with van der Waals surface area (Å²) >= 11 is 0. The van der Waals surface area contributed by atoms with Gasteiger partial charge in [0.25, 0.3) is 0 Å². The van der Waals surface area contributed by atoms with E-state index in [1.54, 1.807) is 36.7 Å². The Hall–Kier alpha value is -3.93. The van der Waals surface area contributed by atoms with Crippen LogP contribution in [0.4, 0.5) is 11.5 Å². The summed E-state index contributed by atoms with van der Waals surface area (Å²) in [5.41, 5.74) is 1.21. The Bertz CT molecular complexity index is 1130. The molecule has 0 saturated carbocycles. The lowest BCUT2D eigenvalue weighted by Gasteiger charge is -2.11. The summed E-state index contributed by atoms with van der Waals surface area (Å²) in [4.78, 5) is 21.3. The van der Waals surface area contributed by atoms with Gasteiger partial charge in [-0.2, -0.15) is 4.98 Å². The molecule has 2 aromatic carbocycles. The first-order valence-electron chi connectivity index (χ1n) is 9.25. The van der Waals surface area contributed by atoms with Crippen molar-refractivity contribution in [1.82, 2.24) is 9.97 Å². The Morgan fingerprint density at radius 1 is 1.03 bits per heavy atom. The smallest absolute Gasteiger partial charge is 0.344 e. The summed E-state index contributed by atoms with van der Waals surface area (Å²) in [7, 11) is 0. The molecular formula is C23H19N3O3. The van der Waals surface area contributed by atoms with E-state index in [1.807, 2.05) is 49.4 Å². The monoisotopic (exact) mass is 385 g/mol. The van der Waals surface area contributed by atoms with E-state index in [9.17, 15) is 4.79 Å². The molecule has 2 aromatic heterocycles. The van der Waals surface area contributed by atoms with Crippen molar-refractivity contribution in [3.05, 3.63) is 84.7 Å². The summed E-state index contributed by atoms with van der Waals surface area (Å²) in [6, 6.07) is 20.1. The second-order valence-corrected chi connectivity index (χ2v) is 6.25. The number of esters is 1. The van der Waals surface area contributed by atoms with Crippen molar-refractivity contribution in [2.75, 3.05) is 11.9 Å².